The lowest BCUT2D eigenvalue weighted by Crippen LogP contribution is -2.30. The van der Waals surface area contributed by atoms with Crippen molar-refractivity contribution in [1.29, 1.82) is 0 Å². The number of fused-ring (bicyclic) bond motifs is 1. The summed E-state index contributed by atoms with van der Waals surface area (Å²) in [6, 6.07) is 17.1. The Bertz CT molecular complexity index is 1390. The molecule has 2 heterocycles. The van der Waals surface area contributed by atoms with Crippen LogP contribution in [0.2, 0.25) is 0 Å². The summed E-state index contributed by atoms with van der Waals surface area (Å²) in [5.74, 6) is 0.731. The number of benzene rings is 3. The van der Waals surface area contributed by atoms with E-state index in [2.05, 4.69) is 10.3 Å². The lowest BCUT2D eigenvalue weighted by molar-refractivity contribution is -0.384. The third-order valence-electron chi connectivity index (χ3n) is 6.12. The Kier molecular flexibility index (Phi) is 6.05. The molecule has 1 amide bonds. The smallest absolute Gasteiger partial charge is 0.293 e. The van der Waals surface area contributed by atoms with Gasteiger partial charge in [-0.1, -0.05) is 0 Å². The maximum atomic E-state index is 12.8. The first-order valence-corrected chi connectivity index (χ1v) is 11.4. The van der Waals surface area contributed by atoms with Crippen LogP contribution in [0, 0.1) is 10.1 Å². The third kappa shape index (κ3) is 4.65. The monoisotopic (exact) mass is 472 g/mol. The number of nitro groups is 1. The second-order valence-electron chi connectivity index (χ2n) is 8.39. The Morgan fingerprint density at radius 3 is 2.54 bits per heavy atom. The number of hydrogen-bond donors (Lipinski definition) is 1. The molecule has 1 fully saturated rings. The van der Waals surface area contributed by atoms with E-state index in [0.717, 1.165) is 37.9 Å². The predicted octanol–water partition coefficient (Wildman–Crippen LogP) is 5.65. The molecule has 4 aromatic rings. The number of anilines is 2. The molecule has 0 atom stereocenters. The van der Waals surface area contributed by atoms with Crippen molar-refractivity contribution in [3.8, 4) is 17.2 Å². The van der Waals surface area contributed by atoms with Gasteiger partial charge in [-0.15, -0.1) is 0 Å². The Hall–Kier alpha value is -4.40. The molecule has 1 aromatic heterocycles. The molecule has 5 rings (SSSR count). The number of nitro benzene ring substituents is 1. The molecule has 0 unspecified atom stereocenters. The van der Waals surface area contributed by atoms with Gasteiger partial charge in [0.15, 0.2) is 5.58 Å². The van der Waals surface area contributed by atoms with Gasteiger partial charge in [0.05, 0.1) is 12.0 Å². The van der Waals surface area contributed by atoms with Crippen molar-refractivity contribution in [1.82, 2.24) is 4.98 Å². The fourth-order valence-electron chi connectivity index (χ4n) is 4.27. The summed E-state index contributed by atoms with van der Waals surface area (Å²) in [7, 11) is 1.59. The average Bonchev–Trinajstić information content (AvgIpc) is 3.32. The molecule has 1 saturated heterocycles. The van der Waals surface area contributed by atoms with Gasteiger partial charge in [0.2, 0.25) is 5.89 Å². The normalized spacial score (nSPS) is 13.6. The highest BCUT2D eigenvalue weighted by Crippen LogP contribution is 2.32. The molecule has 0 aliphatic carbocycles. The SMILES string of the molecule is COc1ccc2oc(-c3ccc(NC(=O)c4ccc(N5CCCCC5)c([N+](=O)[O-])c4)cc3)nc2c1. The Morgan fingerprint density at radius 2 is 1.83 bits per heavy atom. The van der Waals surface area contributed by atoms with E-state index < -0.39 is 10.8 Å². The molecule has 0 bridgehead atoms. The van der Waals surface area contributed by atoms with Gasteiger partial charge in [0.1, 0.15) is 17.0 Å². The summed E-state index contributed by atoms with van der Waals surface area (Å²) in [4.78, 5) is 30.6. The minimum Gasteiger partial charge on any atom is -0.497 e. The molecule has 1 aliphatic heterocycles. The lowest BCUT2D eigenvalue weighted by atomic mass is 10.1. The van der Waals surface area contributed by atoms with Crippen molar-refractivity contribution in [2.24, 2.45) is 0 Å². The van der Waals surface area contributed by atoms with Gasteiger partial charge in [-0.25, -0.2) is 4.98 Å². The fraction of sp³-hybridized carbons (Fsp3) is 0.231. The summed E-state index contributed by atoms with van der Waals surface area (Å²) in [6.07, 6.45) is 3.14. The number of carbonyl (C=O) groups excluding carboxylic acids is 1. The van der Waals surface area contributed by atoms with Crippen LogP contribution < -0.4 is 15.0 Å². The Morgan fingerprint density at radius 1 is 1.06 bits per heavy atom. The summed E-state index contributed by atoms with van der Waals surface area (Å²) in [6.45, 7) is 1.57. The van der Waals surface area contributed by atoms with Crippen LogP contribution in [0.15, 0.2) is 65.1 Å². The molecular weight excluding hydrogens is 448 g/mol. The number of nitrogens with zero attached hydrogens (tertiary/aromatic N) is 3. The molecule has 1 N–H and O–H groups in total. The largest absolute Gasteiger partial charge is 0.497 e. The van der Waals surface area contributed by atoms with E-state index >= 15 is 0 Å². The van der Waals surface area contributed by atoms with Crippen LogP contribution in [0.5, 0.6) is 5.75 Å². The van der Waals surface area contributed by atoms with Crippen molar-refractivity contribution in [3.63, 3.8) is 0 Å². The van der Waals surface area contributed by atoms with Crippen molar-refractivity contribution in [3.05, 3.63) is 76.3 Å². The Labute approximate surface area is 201 Å². The fourth-order valence-corrected chi connectivity index (χ4v) is 4.27. The molecule has 0 saturated carbocycles. The number of rotatable bonds is 6. The number of nitrogens with one attached hydrogen (secondary N) is 1. The molecular formula is C26H24N4O5. The maximum absolute atomic E-state index is 12.8. The van der Waals surface area contributed by atoms with E-state index in [1.54, 1.807) is 61.7 Å². The second kappa shape index (κ2) is 9.46. The first-order valence-electron chi connectivity index (χ1n) is 11.4. The number of carbonyl (C=O) groups is 1. The molecule has 3 aromatic carbocycles. The van der Waals surface area contributed by atoms with Gasteiger partial charge in [0.25, 0.3) is 11.6 Å². The third-order valence-corrected chi connectivity index (χ3v) is 6.12. The predicted molar refractivity (Wildman–Crippen MR) is 133 cm³/mol. The van der Waals surface area contributed by atoms with E-state index in [4.69, 9.17) is 9.15 Å². The molecule has 0 spiro atoms. The van der Waals surface area contributed by atoms with Crippen LogP contribution in [-0.2, 0) is 0 Å². The minimum absolute atomic E-state index is 0.0533. The van der Waals surface area contributed by atoms with Gasteiger partial charge < -0.3 is 19.4 Å². The number of aromatic nitrogens is 1. The van der Waals surface area contributed by atoms with Crippen molar-refractivity contribution < 1.29 is 18.9 Å². The quantitative estimate of drug-likeness (QED) is 0.285. The number of oxazole rings is 1. The van der Waals surface area contributed by atoms with Crippen LogP contribution in [0.3, 0.4) is 0 Å². The first-order chi connectivity index (χ1) is 17.0. The molecule has 1 aliphatic rings. The van der Waals surface area contributed by atoms with Crippen molar-refractivity contribution in [2.45, 2.75) is 19.3 Å². The van der Waals surface area contributed by atoms with Gasteiger partial charge in [0, 0.05) is 42.0 Å². The highest BCUT2D eigenvalue weighted by atomic mass is 16.6. The average molecular weight is 473 g/mol. The van der Waals surface area contributed by atoms with Gasteiger partial charge >= 0.3 is 0 Å². The Balaban J connectivity index is 1.32. The first kappa shape index (κ1) is 22.4. The van der Waals surface area contributed by atoms with Crippen molar-refractivity contribution >= 4 is 34.1 Å². The molecule has 178 valence electrons. The molecule has 9 heteroatoms. The van der Waals surface area contributed by atoms with Crippen LogP contribution in [0.25, 0.3) is 22.6 Å². The highest BCUT2D eigenvalue weighted by Gasteiger charge is 2.23. The van der Waals surface area contributed by atoms with Crippen LogP contribution >= 0.6 is 0 Å². The number of piperidine rings is 1. The lowest BCUT2D eigenvalue weighted by Gasteiger charge is -2.28. The van der Waals surface area contributed by atoms with Crippen LogP contribution in [-0.4, -0.2) is 36.0 Å². The molecule has 0 radical (unpaired) electrons. The zero-order valence-corrected chi connectivity index (χ0v) is 19.2. The minimum atomic E-state index is -0.425. The van der Waals surface area contributed by atoms with E-state index in [-0.39, 0.29) is 11.3 Å². The van der Waals surface area contributed by atoms with E-state index in [9.17, 15) is 14.9 Å². The van der Waals surface area contributed by atoms with Crippen molar-refractivity contribution in [2.75, 3.05) is 30.4 Å². The summed E-state index contributed by atoms with van der Waals surface area (Å²) in [5.41, 5.74) is 3.38. The summed E-state index contributed by atoms with van der Waals surface area (Å²) in [5, 5.41) is 14.5. The summed E-state index contributed by atoms with van der Waals surface area (Å²) >= 11 is 0. The zero-order chi connectivity index (χ0) is 24.4. The number of amides is 1. The molecule has 9 nitrogen and oxygen atoms in total. The number of hydrogen-bond acceptors (Lipinski definition) is 7. The van der Waals surface area contributed by atoms with Crippen LogP contribution in [0.4, 0.5) is 17.1 Å². The van der Waals surface area contributed by atoms with Gasteiger partial charge in [-0.05, 0) is 67.8 Å². The highest BCUT2D eigenvalue weighted by molar-refractivity contribution is 6.05. The van der Waals surface area contributed by atoms with Gasteiger partial charge in [-0.2, -0.15) is 0 Å². The topological polar surface area (TPSA) is 111 Å². The standard InChI is InChI=1S/C26H24N4O5/c1-34-20-10-12-24-21(16-20)28-26(35-24)17-5-8-19(9-6-17)27-25(31)18-7-11-22(23(15-18)30(32)33)29-13-3-2-4-14-29/h5-12,15-16H,2-4,13-14H2,1H3,(H,27,31). The second-order valence-corrected chi connectivity index (χ2v) is 8.39. The van der Waals surface area contributed by atoms with Gasteiger partial charge in [-0.3, -0.25) is 14.9 Å². The maximum Gasteiger partial charge on any atom is 0.293 e. The van der Waals surface area contributed by atoms with E-state index in [0.29, 0.717) is 34.1 Å². The zero-order valence-electron chi connectivity index (χ0n) is 19.2. The van der Waals surface area contributed by atoms with E-state index in [1.807, 2.05) is 4.90 Å². The number of ether oxygens (including phenoxy) is 1. The summed E-state index contributed by atoms with van der Waals surface area (Å²) < 4.78 is 11.0. The van der Waals surface area contributed by atoms with E-state index in [1.165, 1.54) is 6.07 Å². The van der Waals surface area contributed by atoms with Crippen LogP contribution in [0.1, 0.15) is 29.6 Å². The molecule has 35 heavy (non-hydrogen) atoms. The number of methoxy groups -OCH3 is 1.